The van der Waals surface area contributed by atoms with Gasteiger partial charge in [0.25, 0.3) is 5.56 Å². The molecule has 28 heavy (non-hydrogen) atoms. The van der Waals surface area contributed by atoms with Crippen molar-refractivity contribution in [3.63, 3.8) is 0 Å². The molecule has 0 saturated carbocycles. The molecule has 0 aliphatic rings. The molecule has 148 valence electrons. The highest BCUT2D eigenvalue weighted by Crippen LogP contribution is 2.25. The van der Waals surface area contributed by atoms with Crippen LogP contribution in [0.2, 0.25) is 0 Å². The first-order chi connectivity index (χ1) is 13.5. The number of nitrogens with zero attached hydrogens (tertiary/aromatic N) is 2. The molecule has 6 nitrogen and oxygen atoms in total. The summed E-state index contributed by atoms with van der Waals surface area (Å²) >= 11 is 1.31. The van der Waals surface area contributed by atoms with E-state index in [0.717, 1.165) is 17.2 Å². The Balaban J connectivity index is 1.90. The first-order valence-electron chi connectivity index (χ1n) is 9.41. The van der Waals surface area contributed by atoms with Crippen molar-refractivity contribution < 1.29 is 9.53 Å². The molecular weight excluding hydrogens is 374 g/mol. The van der Waals surface area contributed by atoms with Crippen molar-refractivity contribution in [2.45, 2.75) is 37.2 Å². The number of carbonyl (C=O) groups is 1. The van der Waals surface area contributed by atoms with Crippen molar-refractivity contribution >= 4 is 39.3 Å². The lowest BCUT2D eigenvalue weighted by Crippen LogP contribution is -2.33. The van der Waals surface area contributed by atoms with Crippen molar-refractivity contribution in [3.05, 3.63) is 46.8 Å². The molecule has 1 heterocycles. The Morgan fingerprint density at radius 1 is 1.29 bits per heavy atom. The summed E-state index contributed by atoms with van der Waals surface area (Å²) in [6.07, 6.45) is 0.764. The van der Waals surface area contributed by atoms with Gasteiger partial charge in [-0.05, 0) is 43.2 Å². The number of hydrogen-bond donors (Lipinski definition) is 1. The number of hydrogen-bond acceptors (Lipinski definition) is 5. The zero-order valence-corrected chi connectivity index (χ0v) is 17.2. The van der Waals surface area contributed by atoms with Gasteiger partial charge in [0, 0.05) is 26.8 Å². The molecule has 3 rings (SSSR count). The number of ether oxygens (including phenoxy) is 1. The number of aromatic nitrogens is 2. The lowest BCUT2D eigenvalue weighted by molar-refractivity contribution is -0.120. The minimum Gasteiger partial charge on any atom is -0.385 e. The number of nitrogens with one attached hydrogen (secondary N) is 1. The van der Waals surface area contributed by atoms with Gasteiger partial charge >= 0.3 is 0 Å². The topological polar surface area (TPSA) is 73.2 Å². The van der Waals surface area contributed by atoms with Crippen LogP contribution in [0.15, 0.2) is 46.3 Å². The van der Waals surface area contributed by atoms with Gasteiger partial charge in [-0.1, -0.05) is 36.0 Å². The summed E-state index contributed by atoms with van der Waals surface area (Å²) in [5, 5.41) is 5.76. The molecule has 0 fully saturated rings. The van der Waals surface area contributed by atoms with E-state index in [1.54, 1.807) is 11.7 Å². The Labute approximate surface area is 168 Å². The maximum atomic E-state index is 13.0. The summed E-state index contributed by atoms with van der Waals surface area (Å²) in [6.45, 7) is 5.41. The van der Waals surface area contributed by atoms with Crippen LogP contribution in [0.25, 0.3) is 21.7 Å². The summed E-state index contributed by atoms with van der Waals surface area (Å²) in [5.41, 5.74) is 0.581. The Morgan fingerprint density at radius 2 is 2.00 bits per heavy atom. The molecular formula is C21H25N3O3S. The van der Waals surface area contributed by atoms with Crippen LogP contribution < -0.4 is 10.9 Å². The van der Waals surface area contributed by atoms with E-state index < -0.39 is 0 Å². The number of methoxy groups -OCH3 is 1. The van der Waals surface area contributed by atoms with Gasteiger partial charge in [0.1, 0.15) is 0 Å². The predicted molar refractivity (Wildman–Crippen MR) is 114 cm³/mol. The van der Waals surface area contributed by atoms with Crippen LogP contribution in [0, 0.1) is 0 Å². The predicted octanol–water partition coefficient (Wildman–Crippen LogP) is 3.20. The van der Waals surface area contributed by atoms with Gasteiger partial charge in [0.2, 0.25) is 5.91 Å². The highest BCUT2D eigenvalue weighted by molar-refractivity contribution is 8.00. The van der Waals surface area contributed by atoms with Gasteiger partial charge in [0.15, 0.2) is 5.16 Å². The largest absolute Gasteiger partial charge is 0.385 e. The molecule has 1 amide bonds. The first kappa shape index (κ1) is 20.4. The molecule has 1 aromatic heterocycles. The number of amides is 1. The summed E-state index contributed by atoms with van der Waals surface area (Å²) in [6, 6.07) is 11.7. The molecule has 0 spiro atoms. The highest BCUT2D eigenvalue weighted by Gasteiger charge is 2.19. The average molecular weight is 400 g/mol. The fourth-order valence-corrected chi connectivity index (χ4v) is 4.04. The SMILES string of the molecule is CCn1c(SC(C)C(=O)NCCCOC)nc2cc3ccccc3cc2c1=O. The van der Waals surface area contributed by atoms with E-state index in [1.165, 1.54) is 11.8 Å². The van der Waals surface area contributed by atoms with Crippen LogP contribution in [0.3, 0.4) is 0 Å². The van der Waals surface area contributed by atoms with Gasteiger partial charge in [-0.25, -0.2) is 4.98 Å². The van der Waals surface area contributed by atoms with Crippen molar-refractivity contribution in [3.8, 4) is 0 Å². The lowest BCUT2D eigenvalue weighted by atomic mass is 10.1. The minimum atomic E-state index is -0.356. The van der Waals surface area contributed by atoms with Crippen molar-refractivity contribution in [1.29, 1.82) is 0 Å². The molecule has 1 atom stereocenters. The molecule has 1 unspecified atom stereocenters. The second-order valence-electron chi connectivity index (χ2n) is 6.56. The maximum absolute atomic E-state index is 13.0. The molecule has 3 aromatic rings. The molecule has 0 aliphatic heterocycles. The summed E-state index contributed by atoms with van der Waals surface area (Å²) in [4.78, 5) is 30.1. The normalized spacial score (nSPS) is 12.4. The van der Waals surface area contributed by atoms with E-state index in [0.29, 0.717) is 35.8 Å². The molecule has 0 saturated heterocycles. The van der Waals surface area contributed by atoms with Crippen LogP contribution in [0.5, 0.6) is 0 Å². The Kier molecular flexibility index (Phi) is 6.70. The van der Waals surface area contributed by atoms with E-state index in [2.05, 4.69) is 5.32 Å². The van der Waals surface area contributed by atoms with Gasteiger partial charge in [-0.2, -0.15) is 0 Å². The van der Waals surface area contributed by atoms with Gasteiger partial charge in [0.05, 0.1) is 16.2 Å². The zero-order valence-electron chi connectivity index (χ0n) is 16.4. The Hall–Kier alpha value is -2.38. The second kappa shape index (κ2) is 9.21. The minimum absolute atomic E-state index is 0.0726. The van der Waals surface area contributed by atoms with Crippen LogP contribution in [0.4, 0.5) is 0 Å². The van der Waals surface area contributed by atoms with E-state index in [9.17, 15) is 9.59 Å². The molecule has 1 N–H and O–H groups in total. The average Bonchev–Trinajstić information content (AvgIpc) is 2.70. The van der Waals surface area contributed by atoms with Crippen LogP contribution in [0.1, 0.15) is 20.3 Å². The Morgan fingerprint density at radius 3 is 2.68 bits per heavy atom. The zero-order chi connectivity index (χ0) is 20.1. The fraction of sp³-hybridized carbons (Fsp3) is 0.381. The van der Waals surface area contributed by atoms with Crippen LogP contribution in [-0.2, 0) is 16.1 Å². The molecule has 7 heteroatoms. The second-order valence-corrected chi connectivity index (χ2v) is 7.87. The van der Waals surface area contributed by atoms with Crippen molar-refractivity contribution in [1.82, 2.24) is 14.9 Å². The van der Waals surface area contributed by atoms with E-state index >= 15 is 0 Å². The van der Waals surface area contributed by atoms with Crippen LogP contribution >= 0.6 is 11.8 Å². The fourth-order valence-electron chi connectivity index (χ4n) is 3.04. The summed E-state index contributed by atoms with van der Waals surface area (Å²) in [7, 11) is 1.64. The number of rotatable bonds is 8. The number of fused-ring (bicyclic) bond motifs is 2. The molecule has 2 aromatic carbocycles. The van der Waals surface area contributed by atoms with Crippen LogP contribution in [-0.4, -0.2) is 41.0 Å². The van der Waals surface area contributed by atoms with E-state index in [-0.39, 0.29) is 16.7 Å². The quantitative estimate of drug-likeness (QED) is 0.273. The smallest absolute Gasteiger partial charge is 0.262 e. The van der Waals surface area contributed by atoms with Gasteiger partial charge < -0.3 is 10.1 Å². The Bertz CT molecular complexity index is 1050. The molecule has 0 aliphatic carbocycles. The standard InChI is InChI=1S/C21H25N3O3S/c1-4-24-20(26)17-12-15-8-5-6-9-16(15)13-18(17)23-21(24)28-14(2)19(25)22-10-7-11-27-3/h5-6,8-9,12-14H,4,7,10-11H2,1-3H3,(H,22,25). The number of thioether (sulfide) groups is 1. The number of carbonyl (C=O) groups excluding carboxylic acids is 1. The monoisotopic (exact) mass is 399 g/mol. The third-order valence-electron chi connectivity index (χ3n) is 4.58. The summed E-state index contributed by atoms with van der Waals surface area (Å²) < 4.78 is 6.63. The number of benzene rings is 2. The van der Waals surface area contributed by atoms with Gasteiger partial charge in [-0.15, -0.1) is 0 Å². The maximum Gasteiger partial charge on any atom is 0.262 e. The molecule has 0 bridgehead atoms. The third-order valence-corrected chi connectivity index (χ3v) is 5.67. The first-order valence-corrected chi connectivity index (χ1v) is 10.3. The van der Waals surface area contributed by atoms with Crippen molar-refractivity contribution in [2.75, 3.05) is 20.3 Å². The molecule has 0 radical (unpaired) electrons. The van der Waals surface area contributed by atoms with E-state index in [1.807, 2.05) is 50.2 Å². The third kappa shape index (κ3) is 4.36. The summed E-state index contributed by atoms with van der Waals surface area (Å²) in [5.74, 6) is -0.0726. The lowest BCUT2D eigenvalue weighted by Gasteiger charge is -2.15. The van der Waals surface area contributed by atoms with Gasteiger partial charge in [-0.3, -0.25) is 14.2 Å². The van der Waals surface area contributed by atoms with Crippen molar-refractivity contribution in [2.24, 2.45) is 0 Å². The van der Waals surface area contributed by atoms with E-state index in [4.69, 9.17) is 9.72 Å². The highest BCUT2D eigenvalue weighted by atomic mass is 32.2.